The van der Waals surface area contributed by atoms with E-state index in [0.29, 0.717) is 21.7 Å². The van der Waals surface area contributed by atoms with Gasteiger partial charge < -0.3 is 5.43 Å². The predicted octanol–water partition coefficient (Wildman–Crippen LogP) is 3.38. The van der Waals surface area contributed by atoms with Crippen LogP contribution < -0.4 is 11.3 Å². The number of rotatable bonds is 4. The lowest BCUT2D eigenvalue weighted by atomic mass is 10.3. The average molecular weight is 308 g/mol. The molecular weight excluding hydrogens is 294 g/mol. The molecule has 110 valence electrons. The molecule has 0 radical (unpaired) electrons. The molecule has 0 saturated heterocycles. The summed E-state index contributed by atoms with van der Waals surface area (Å²) in [4.78, 5) is 9.51. The van der Waals surface area contributed by atoms with Gasteiger partial charge in [0.1, 0.15) is 16.7 Å². The maximum absolute atomic E-state index is 13.3. The number of benzene rings is 1. The Labute approximate surface area is 125 Å². The first-order valence-electron chi connectivity index (χ1n) is 6.56. The Morgan fingerprint density at radius 2 is 2.00 bits per heavy atom. The van der Waals surface area contributed by atoms with Crippen molar-refractivity contribution >= 4 is 17.6 Å². The molecule has 3 rings (SSSR count). The Morgan fingerprint density at radius 1 is 1.24 bits per heavy atom. The number of hydrogen-bond donors (Lipinski definition) is 2. The summed E-state index contributed by atoms with van der Waals surface area (Å²) in [7, 11) is 0. The minimum absolute atomic E-state index is 0.377. The monoisotopic (exact) mass is 308 g/mol. The molecule has 0 bridgehead atoms. The van der Waals surface area contributed by atoms with E-state index in [1.165, 1.54) is 17.8 Å². The summed E-state index contributed by atoms with van der Waals surface area (Å²) in [6.07, 6.45) is 2.14. The smallest absolute Gasteiger partial charge is 0.159 e. The molecule has 1 heterocycles. The molecule has 1 aromatic carbocycles. The van der Waals surface area contributed by atoms with Crippen LogP contribution in [0.5, 0.6) is 0 Å². The predicted molar refractivity (Wildman–Crippen MR) is 77.0 cm³/mol. The quantitative estimate of drug-likeness (QED) is 0.515. The van der Waals surface area contributed by atoms with Gasteiger partial charge in [-0.15, -0.1) is 0 Å². The van der Waals surface area contributed by atoms with Crippen molar-refractivity contribution in [2.45, 2.75) is 35.6 Å². The van der Waals surface area contributed by atoms with Crippen LogP contribution in [0.2, 0.25) is 0 Å². The highest BCUT2D eigenvalue weighted by Crippen LogP contribution is 2.40. The second kappa shape index (κ2) is 5.57. The number of hydrogen-bond acceptors (Lipinski definition) is 5. The molecule has 4 nitrogen and oxygen atoms in total. The Balaban J connectivity index is 1.96. The van der Waals surface area contributed by atoms with Gasteiger partial charge in [-0.25, -0.2) is 24.6 Å². The zero-order chi connectivity index (χ0) is 15.0. The minimum Gasteiger partial charge on any atom is -0.308 e. The number of hydrazine groups is 1. The van der Waals surface area contributed by atoms with E-state index < -0.39 is 11.6 Å². The van der Waals surface area contributed by atoms with E-state index in [4.69, 9.17) is 5.84 Å². The van der Waals surface area contributed by atoms with Crippen LogP contribution in [-0.4, -0.2) is 9.97 Å². The van der Waals surface area contributed by atoms with Gasteiger partial charge in [-0.3, -0.25) is 0 Å². The largest absolute Gasteiger partial charge is 0.308 e. The number of anilines is 1. The molecule has 7 heteroatoms. The number of nitrogens with two attached hydrogens (primary N) is 1. The molecule has 2 aromatic rings. The summed E-state index contributed by atoms with van der Waals surface area (Å²) < 4.78 is 26.3. The fraction of sp³-hybridized carbons (Fsp3) is 0.286. The Bertz CT molecular complexity index is 689. The van der Waals surface area contributed by atoms with Gasteiger partial charge in [-0.1, -0.05) is 11.8 Å². The van der Waals surface area contributed by atoms with Crippen molar-refractivity contribution in [1.82, 2.24) is 9.97 Å². The molecule has 0 aliphatic heterocycles. The summed E-state index contributed by atoms with van der Waals surface area (Å²) in [5, 5.41) is 0.700. The molecule has 0 spiro atoms. The molecule has 1 saturated carbocycles. The Kier molecular flexibility index (Phi) is 3.77. The molecule has 0 atom stereocenters. The van der Waals surface area contributed by atoms with Gasteiger partial charge in [-0.05, 0) is 38.0 Å². The Morgan fingerprint density at radius 3 is 2.62 bits per heavy atom. The van der Waals surface area contributed by atoms with Crippen LogP contribution in [0.15, 0.2) is 28.1 Å². The summed E-state index contributed by atoms with van der Waals surface area (Å²) in [6.45, 7) is 1.84. The Hall–Kier alpha value is -1.73. The van der Waals surface area contributed by atoms with Gasteiger partial charge in [0.2, 0.25) is 0 Å². The van der Waals surface area contributed by atoms with Gasteiger partial charge in [0.25, 0.3) is 0 Å². The SMILES string of the molecule is Cc1c(NN)nc(C2CC2)nc1Sc1ccc(F)c(F)c1. The van der Waals surface area contributed by atoms with Gasteiger partial charge in [-0.2, -0.15) is 0 Å². The molecule has 0 amide bonds. The molecule has 3 N–H and O–H groups in total. The first kappa shape index (κ1) is 14.2. The number of aromatic nitrogens is 2. The fourth-order valence-electron chi connectivity index (χ4n) is 1.93. The third-order valence-electron chi connectivity index (χ3n) is 3.30. The highest BCUT2D eigenvalue weighted by Gasteiger charge is 2.28. The fourth-order valence-corrected chi connectivity index (χ4v) is 2.84. The molecule has 1 fully saturated rings. The van der Waals surface area contributed by atoms with Gasteiger partial charge in [0.15, 0.2) is 11.6 Å². The average Bonchev–Trinajstić information content (AvgIpc) is 3.29. The zero-order valence-corrected chi connectivity index (χ0v) is 12.2. The first-order valence-corrected chi connectivity index (χ1v) is 7.38. The van der Waals surface area contributed by atoms with Crippen molar-refractivity contribution in [2.24, 2.45) is 5.84 Å². The molecular formula is C14H14F2N4S. The second-order valence-corrected chi connectivity index (χ2v) is 6.02. The van der Waals surface area contributed by atoms with E-state index in [1.807, 2.05) is 6.92 Å². The highest BCUT2D eigenvalue weighted by molar-refractivity contribution is 7.99. The molecule has 1 aliphatic carbocycles. The van der Waals surface area contributed by atoms with Crippen LogP contribution in [0.4, 0.5) is 14.6 Å². The van der Waals surface area contributed by atoms with E-state index in [-0.39, 0.29) is 0 Å². The van der Waals surface area contributed by atoms with Crippen LogP contribution in [0.3, 0.4) is 0 Å². The van der Waals surface area contributed by atoms with Gasteiger partial charge >= 0.3 is 0 Å². The van der Waals surface area contributed by atoms with Crippen LogP contribution in [0, 0.1) is 18.6 Å². The van der Waals surface area contributed by atoms with E-state index in [2.05, 4.69) is 15.4 Å². The number of nitrogens with one attached hydrogen (secondary N) is 1. The van der Waals surface area contributed by atoms with Crippen LogP contribution in [0.25, 0.3) is 0 Å². The number of halogens is 2. The number of nitrogen functional groups attached to an aromatic ring is 1. The highest BCUT2D eigenvalue weighted by atomic mass is 32.2. The van der Waals surface area contributed by atoms with Crippen molar-refractivity contribution in [2.75, 3.05) is 5.43 Å². The topological polar surface area (TPSA) is 63.8 Å². The van der Waals surface area contributed by atoms with Crippen molar-refractivity contribution < 1.29 is 8.78 Å². The number of nitrogens with zero attached hydrogens (tertiary/aromatic N) is 2. The molecule has 21 heavy (non-hydrogen) atoms. The molecule has 0 unspecified atom stereocenters. The minimum atomic E-state index is -0.869. The maximum atomic E-state index is 13.3. The summed E-state index contributed by atoms with van der Waals surface area (Å²) in [6, 6.07) is 3.79. The van der Waals surface area contributed by atoms with Crippen molar-refractivity contribution in [3.05, 3.63) is 41.2 Å². The lowest BCUT2D eigenvalue weighted by Crippen LogP contribution is -2.13. The molecule has 1 aliphatic rings. The first-order chi connectivity index (χ1) is 10.1. The lowest BCUT2D eigenvalue weighted by molar-refractivity contribution is 0.506. The summed E-state index contributed by atoms with van der Waals surface area (Å²) in [5.41, 5.74) is 3.36. The van der Waals surface area contributed by atoms with E-state index in [1.54, 1.807) is 0 Å². The van der Waals surface area contributed by atoms with E-state index in [9.17, 15) is 8.78 Å². The third kappa shape index (κ3) is 2.98. The van der Waals surface area contributed by atoms with Crippen LogP contribution >= 0.6 is 11.8 Å². The zero-order valence-electron chi connectivity index (χ0n) is 11.4. The van der Waals surface area contributed by atoms with Crippen LogP contribution in [0.1, 0.15) is 30.1 Å². The van der Waals surface area contributed by atoms with E-state index in [0.717, 1.165) is 36.4 Å². The van der Waals surface area contributed by atoms with Crippen LogP contribution in [-0.2, 0) is 0 Å². The standard InChI is InChI=1S/C14H14F2N4S/c1-7-12(20-17)18-13(8-2-3-8)19-14(7)21-9-4-5-10(15)11(16)6-9/h4-6,8H,2-3,17H2,1H3,(H,18,19,20). The van der Waals surface area contributed by atoms with Gasteiger partial charge in [0.05, 0.1) is 0 Å². The van der Waals surface area contributed by atoms with Crippen molar-refractivity contribution in [1.29, 1.82) is 0 Å². The maximum Gasteiger partial charge on any atom is 0.159 e. The van der Waals surface area contributed by atoms with Crippen molar-refractivity contribution in [3.63, 3.8) is 0 Å². The van der Waals surface area contributed by atoms with Gasteiger partial charge in [0, 0.05) is 16.4 Å². The second-order valence-electron chi connectivity index (χ2n) is 4.96. The third-order valence-corrected chi connectivity index (χ3v) is 4.38. The lowest BCUT2D eigenvalue weighted by Gasteiger charge is -2.11. The normalized spacial score (nSPS) is 14.3. The van der Waals surface area contributed by atoms with Crippen molar-refractivity contribution in [3.8, 4) is 0 Å². The summed E-state index contributed by atoms with van der Waals surface area (Å²) >= 11 is 1.27. The molecule has 1 aromatic heterocycles. The summed E-state index contributed by atoms with van der Waals surface area (Å²) in [5.74, 6) is 5.45. The van der Waals surface area contributed by atoms with E-state index >= 15 is 0 Å².